The molecule has 1 radical (unpaired) electrons. The minimum Gasteiger partial charge on any atom is -0.279 e. The zero-order chi connectivity index (χ0) is 15.4. The molecule has 0 saturated carbocycles. The predicted molar refractivity (Wildman–Crippen MR) is 87.3 cm³/mol. The molecule has 0 bridgehead atoms. The molecule has 3 aromatic rings. The molecule has 0 atom stereocenters. The zero-order valence-corrected chi connectivity index (χ0v) is 13.0. The molecule has 0 aliphatic rings. The molecule has 0 amide bonds. The summed E-state index contributed by atoms with van der Waals surface area (Å²) in [4.78, 5) is 3.93. The Kier molecular flexibility index (Phi) is 4.08. The topological polar surface area (TPSA) is 73.2 Å². The lowest BCUT2D eigenvalue weighted by Crippen LogP contribution is -2.11. The highest BCUT2D eigenvalue weighted by atomic mass is 32.2. The molecule has 2 aromatic heterocycles. The molecule has 1 N–H and O–H groups in total. The molecule has 5 nitrogen and oxygen atoms in total. The van der Waals surface area contributed by atoms with Crippen LogP contribution in [0.2, 0.25) is 0 Å². The molecule has 3 rings (SSSR count). The molecule has 7 heteroatoms. The molecule has 0 fully saturated rings. The van der Waals surface area contributed by atoms with Crippen LogP contribution in [0.5, 0.6) is 0 Å². The molecule has 22 heavy (non-hydrogen) atoms. The summed E-state index contributed by atoms with van der Waals surface area (Å²) in [6.45, 7) is 0. The molecule has 0 unspecified atom stereocenters. The molecule has 0 saturated heterocycles. The summed E-state index contributed by atoms with van der Waals surface area (Å²) in [7, 11) is -3.54. The Morgan fingerprint density at radius 3 is 2.55 bits per heavy atom. The van der Waals surface area contributed by atoms with Gasteiger partial charge in [-0.15, -0.1) is 11.3 Å². The summed E-state index contributed by atoms with van der Waals surface area (Å²) in [5, 5.41) is 6.15. The zero-order valence-electron chi connectivity index (χ0n) is 11.4. The van der Waals surface area contributed by atoms with Crippen molar-refractivity contribution in [2.45, 2.75) is 4.21 Å². The number of nitrogens with zero attached hydrogens (tertiary/aromatic N) is 2. The molecule has 2 heterocycles. The fourth-order valence-electron chi connectivity index (χ4n) is 1.83. The first-order chi connectivity index (χ1) is 10.6. The second-order valence-corrected chi connectivity index (χ2v) is 7.26. The Labute approximate surface area is 132 Å². The number of hydrogen-bond acceptors (Lipinski definition) is 4. The van der Waals surface area contributed by atoms with Crippen LogP contribution in [0.25, 0.3) is 0 Å². The Morgan fingerprint density at radius 2 is 1.82 bits per heavy atom. The van der Waals surface area contributed by atoms with E-state index < -0.39 is 10.0 Å². The van der Waals surface area contributed by atoms with Crippen molar-refractivity contribution in [3.05, 3.63) is 66.3 Å². The highest BCUT2D eigenvalue weighted by molar-refractivity contribution is 7.94. The summed E-state index contributed by atoms with van der Waals surface area (Å²) >= 11 is 1.18. The summed E-state index contributed by atoms with van der Waals surface area (Å²) < 4.78 is 27.2. The van der Waals surface area contributed by atoms with Crippen LogP contribution in [-0.2, 0) is 10.0 Å². The third-order valence-corrected chi connectivity index (χ3v) is 5.56. The van der Waals surface area contributed by atoms with E-state index in [9.17, 15) is 8.42 Å². The van der Waals surface area contributed by atoms with Crippen molar-refractivity contribution in [3.8, 4) is 0 Å². The van der Waals surface area contributed by atoms with Gasteiger partial charge in [0.1, 0.15) is 4.21 Å². The lowest BCUT2D eigenvalue weighted by atomic mass is 10.2. The van der Waals surface area contributed by atoms with Crippen LogP contribution in [0.3, 0.4) is 0 Å². The fourth-order valence-corrected chi connectivity index (χ4v) is 3.87. The van der Waals surface area contributed by atoms with Gasteiger partial charge in [-0.3, -0.25) is 9.71 Å². The summed E-state index contributed by atoms with van der Waals surface area (Å²) in [5.74, 6) is 0. The minimum atomic E-state index is -3.54. The van der Waals surface area contributed by atoms with Gasteiger partial charge >= 0.3 is 0 Å². The van der Waals surface area contributed by atoms with E-state index in [-0.39, 0.29) is 4.21 Å². The van der Waals surface area contributed by atoms with Crippen LogP contribution in [0.1, 0.15) is 0 Å². The van der Waals surface area contributed by atoms with Crippen molar-refractivity contribution in [1.29, 1.82) is 0 Å². The Hall–Kier alpha value is -2.38. The van der Waals surface area contributed by atoms with Gasteiger partial charge < -0.3 is 0 Å². The molecular weight excluding hydrogens is 318 g/mol. The normalized spacial score (nSPS) is 11.1. The minimum absolute atomic E-state index is 0.281. The SMILES string of the molecule is O=S(=O)(Nc1cccc([N]c2ccncc2)c1)c1cccs1. The second kappa shape index (κ2) is 6.17. The van der Waals surface area contributed by atoms with Gasteiger partial charge in [0.05, 0.1) is 17.1 Å². The third kappa shape index (κ3) is 3.44. The van der Waals surface area contributed by atoms with Gasteiger partial charge in [0.15, 0.2) is 0 Å². The van der Waals surface area contributed by atoms with E-state index in [2.05, 4.69) is 15.0 Å². The highest BCUT2D eigenvalue weighted by Crippen LogP contribution is 2.23. The smallest absolute Gasteiger partial charge is 0.271 e. The average Bonchev–Trinajstić information content (AvgIpc) is 3.03. The quantitative estimate of drug-likeness (QED) is 0.778. The number of rotatable bonds is 5. The van der Waals surface area contributed by atoms with Crippen LogP contribution in [-0.4, -0.2) is 13.4 Å². The Bertz CT molecular complexity index is 848. The van der Waals surface area contributed by atoms with Crippen molar-refractivity contribution >= 4 is 38.4 Å². The lowest BCUT2D eigenvalue weighted by molar-refractivity contribution is 0.603. The first-order valence-electron chi connectivity index (χ1n) is 6.42. The highest BCUT2D eigenvalue weighted by Gasteiger charge is 2.15. The monoisotopic (exact) mass is 330 g/mol. The Morgan fingerprint density at radius 1 is 1.00 bits per heavy atom. The van der Waals surface area contributed by atoms with Crippen LogP contribution in [0.4, 0.5) is 17.1 Å². The number of thiophene rings is 1. The van der Waals surface area contributed by atoms with Gasteiger partial charge in [-0.05, 0) is 41.8 Å². The van der Waals surface area contributed by atoms with E-state index in [1.54, 1.807) is 60.2 Å². The van der Waals surface area contributed by atoms with Crippen molar-refractivity contribution in [3.63, 3.8) is 0 Å². The largest absolute Gasteiger partial charge is 0.279 e. The predicted octanol–water partition coefficient (Wildman–Crippen LogP) is 3.51. The van der Waals surface area contributed by atoms with Crippen LogP contribution >= 0.6 is 11.3 Å². The van der Waals surface area contributed by atoms with E-state index in [0.717, 1.165) is 5.69 Å². The van der Waals surface area contributed by atoms with Gasteiger partial charge in [0.2, 0.25) is 0 Å². The van der Waals surface area contributed by atoms with Gasteiger partial charge in [-0.25, -0.2) is 13.7 Å². The van der Waals surface area contributed by atoms with Crippen molar-refractivity contribution in [1.82, 2.24) is 10.3 Å². The molecule has 0 spiro atoms. The van der Waals surface area contributed by atoms with E-state index in [1.165, 1.54) is 11.3 Å². The number of anilines is 1. The van der Waals surface area contributed by atoms with Crippen LogP contribution in [0.15, 0.2) is 70.5 Å². The third-order valence-electron chi connectivity index (χ3n) is 2.78. The van der Waals surface area contributed by atoms with Crippen molar-refractivity contribution in [2.75, 3.05) is 4.72 Å². The van der Waals surface area contributed by atoms with E-state index >= 15 is 0 Å². The maximum atomic E-state index is 12.2. The number of sulfonamides is 1. The van der Waals surface area contributed by atoms with Crippen molar-refractivity contribution < 1.29 is 8.42 Å². The summed E-state index contributed by atoms with van der Waals surface area (Å²) in [5.41, 5.74) is 1.90. The maximum Gasteiger partial charge on any atom is 0.271 e. The number of aromatic nitrogens is 1. The van der Waals surface area contributed by atoms with Gasteiger partial charge in [-0.2, -0.15) is 0 Å². The average molecular weight is 330 g/mol. The van der Waals surface area contributed by atoms with E-state index in [1.807, 2.05) is 6.07 Å². The fraction of sp³-hybridized carbons (Fsp3) is 0. The van der Waals surface area contributed by atoms with E-state index in [0.29, 0.717) is 11.4 Å². The molecule has 111 valence electrons. The van der Waals surface area contributed by atoms with Gasteiger partial charge in [0.25, 0.3) is 10.0 Å². The molecule has 0 aliphatic carbocycles. The first kappa shape index (κ1) is 14.6. The standard InChI is InChI=1S/C15H12N3O2S2/c19-22(20,15-5-2-10-21-15)18-14-4-1-3-13(11-14)17-12-6-8-16-9-7-12/h1-11,18H. The number of benzene rings is 1. The van der Waals surface area contributed by atoms with E-state index in [4.69, 9.17) is 0 Å². The number of pyridine rings is 1. The molecular formula is C15H12N3O2S2. The van der Waals surface area contributed by atoms with Gasteiger partial charge in [-0.1, -0.05) is 12.1 Å². The molecule has 1 aromatic carbocycles. The number of hydrogen-bond donors (Lipinski definition) is 1. The lowest BCUT2D eigenvalue weighted by Gasteiger charge is -2.08. The van der Waals surface area contributed by atoms with Crippen LogP contribution < -0.4 is 10.0 Å². The first-order valence-corrected chi connectivity index (χ1v) is 8.78. The van der Waals surface area contributed by atoms with Gasteiger partial charge in [0, 0.05) is 12.4 Å². The molecule has 0 aliphatic heterocycles. The number of nitrogens with one attached hydrogen (secondary N) is 1. The van der Waals surface area contributed by atoms with Crippen molar-refractivity contribution in [2.24, 2.45) is 0 Å². The summed E-state index contributed by atoms with van der Waals surface area (Å²) in [6, 6.07) is 13.8. The van der Waals surface area contributed by atoms with Crippen LogP contribution in [0, 0.1) is 0 Å². The second-order valence-electron chi connectivity index (χ2n) is 4.41. The maximum absolute atomic E-state index is 12.2. The Balaban J connectivity index is 1.80. The summed E-state index contributed by atoms with van der Waals surface area (Å²) in [6.07, 6.45) is 3.31.